The summed E-state index contributed by atoms with van der Waals surface area (Å²) in [5.74, 6) is 0.611. The quantitative estimate of drug-likeness (QED) is 0.636. The molecule has 0 aliphatic carbocycles. The van der Waals surface area contributed by atoms with Crippen LogP contribution in [0.1, 0.15) is 20.3 Å². The monoisotopic (exact) mass is 144 g/mol. The van der Waals surface area contributed by atoms with E-state index in [1.54, 1.807) is 0 Å². The standard InChI is InChI=1S/C8H20N2/c1-5-8(10(3)4)7(2)6-9/h7-8H,5-6,9H2,1-4H3. The van der Waals surface area contributed by atoms with E-state index in [1.807, 2.05) is 0 Å². The number of nitrogens with zero attached hydrogens (tertiary/aromatic N) is 1. The van der Waals surface area contributed by atoms with Gasteiger partial charge < -0.3 is 10.6 Å². The van der Waals surface area contributed by atoms with Crippen molar-refractivity contribution >= 4 is 0 Å². The van der Waals surface area contributed by atoms with Crippen LogP contribution in [0.15, 0.2) is 0 Å². The largest absolute Gasteiger partial charge is 0.330 e. The van der Waals surface area contributed by atoms with E-state index >= 15 is 0 Å². The Labute approximate surface area is 64.4 Å². The maximum absolute atomic E-state index is 5.56. The van der Waals surface area contributed by atoms with E-state index in [0.29, 0.717) is 12.0 Å². The van der Waals surface area contributed by atoms with Gasteiger partial charge in [-0.05, 0) is 33.0 Å². The van der Waals surface area contributed by atoms with Crippen LogP contribution in [-0.2, 0) is 0 Å². The molecule has 0 heterocycles. The molecule has 0 rings (SSSR count). The minimum Gasteiger partial charge on any atom is -0.330 e. The van der Waals surface area contributed by atoms with Crippen LogP contribution in [0.4, 0.5) is 0 Å². The highest BCUT2D eigenvalue weighted by Gasteiger charge is 2.14. The summed E-state index contributed by atoms with van der Waals surface area (Å²) in [7, 11) is 4.22. The molecule has 0 fully saturated rings. The fraction of sp³-hybridized carbons (Fsp3) is 1.00. The summed E-state index contributed by atoms with van der Waals surface area (Å²) in [6, 6.07) is 0.644. The molecule has 62 valence electrons. The Morgan fingerprint density at radius 3 is 2.00 bits per heavy atom. The van der Waals surface area contributed by atoms with Crippen molar-refractivity contribution in [3.63, 3.8) is 0 Å². The molecule has 0 aromatic carbocycles. The number of nitrogens with two attached hydrogens (primary N) is 1. The lowest BCUT2D eigenvalue weighted by atomic mass is 9.99. The molecule has 2 heteroatoms. The summed E-state index contributed by atoms with van der Waals surface area (Å²) in [6.45, 7) is 5.20. The fourth-order valence-electron chi connectivity index (χ4n) is 1.43. The molecular weight excluding hydrogens is 124 g/mol. The van der Waals surface area contributed by atoms with Crippen LogP contribution >= 0.6 is 0 Å². The molecule has 0 saturated heterocycles. The molecule has 0 aliphatic rings. The van der Waals surface area contributed by atoms with E-state index < -0.39 is 0 Å². The third-order valence-corrected chi connectivity index (χ3v) is 2.11. The average Bonchev–Trinajstić information content (AvgIpc) is 1.88. The zero-order chi connectivity index (χ0) is 8.15. The Kier molecular flexibility index (Phi) is 4.65. The van der Waals surface area contributed by atoms with Gasteiger partial charge in [0.2, 0.25) is 0 Å². The number of hydrogen-bond donors (Lipinski definition) is 1. The third-order valence-electron chi connectivity index (χ3n) is 2.11. The normalized spacial score (nSPS) is 17.4. The van der Waals surface area contributed by atoms with Gasteiger partial charge >= 0.3 is 0 Å². The number of hydrogen-bond acceptors (Lipinski definition) is 2. The molecule has 2 unspecified atom stereocenters. The first kappa shape index (κ1) is 9.92. The highest BCUT2D eigenvalue weighted by atomic mass is 15.1. The highest BCUT2D eigenvalue weighted by molar-refractivity contribution is 4.71. The van der Waals surface area contributed by atoms with Crippen molar-refractivity contribution in [1.29, 1.82) is 0 Å². The molecule has 2 N–H and O–H groups in total. The molecular formula is C8H20N2. The first-order valence-corrected chi connectivity index (χ1v) is 4.00. The van der Waals surface area contributed by atoms with Gasteiger partial charge in [0.05, 0.1) is 0 Å². The first-order chi connectivity index (χ1) is 4.63. The third kappa shape index (κ3) is 2.67. The van der Waals surface area contributed by atoms with Gasteiger partial charge in [-0.3, -0.25) is 0 Å². The minimum absolute atomic E-state index is 0.611. The average molecular weight is 144 g/mol. The summed E-state index contributed by atoms with van der Waals surface area (Å²) < 4.78 is 0. The second-order valence-corrected chi connectivity index (χ2v) is 3.15. The van der Waals surface area contributed by atoms with Crippen molar-refractivity contribution in [2.24, 2.45) is 11.7 Å². The van der Waals surface area contributed by atoms with Gasteiger partial charge in [0.15, 0.2) is 0 Å². The van der Waals surface area contributed by atoms with Crippen LogP contribution in [0.3, 0.4) is 0 Å². The second kappa shape index (κ2) is 4.69. The van der Waals surface area contributed by atoms with Crippen molar-refractivity contribution in [1.82, 2.24) is 4.90 Å². The van der Waals surface area contributed by atoms with Crippen LogP contribution in [-0.4, -0.2) is 31.6 Å². The first-order valence-electron chi connectivity index (χ1n) is 4.00. The van der Waals surface area contributed by atoms with E-state index in [2.05, 4.69) is 32.8 Å². The van der Waals surface area contributed by atoms with Crippen LogP contribution in [0, 0.1) is 5.92 Å². The predicted molar refractivity (Wildman–Crippen MR) is 46.0 cm³/mol. The molecule has 0 spiro atoms. The van der Waals surface area contributed by atoms with Crippen molar-refractivity contribution in [3.8, 4) is 0 Å². The Hall–Kier alpha value is -0.0800. The Morgan fingerprint density at radius 2 is 1.90 bits per heavy atom. The zero-order valence-corrected chi connectivity index (χ0v) is 7.59. The Morgan fingerprint density at radius 1 is 1.40 bits per heavy atom. The van der Waals surface area contributed by atoms with E-state index in [9.17, 15) is 0 Å². The van der Waals surface area contributed by atoms with Gasteiger partial charge in [-0.15, -0.1) is 0 Å². The maximum atomic E-state index is 5.56. The van der Waals surface area contributed by atoms with Gasteiger partial charge in [0.1, 0.15) is 0 Å². The van der Waals surface area contributed by atoms with Crippen LogP contribution in [0.2, 0.25) is 0 Å². The van der Waals surface area contributed by atoms with Gasteiger partial charge in [0.25, 0.3) is 0 Å². The molecule has 0 saturated carbocycles. The van der Waals surface area contributed by atoms with E-state index in [1.165, 1.54) is 6.42 Å². The molecule has 2 nitrogen and oxygen atoms in total. The fourth-order valence-corrected chi connectivity index (χ4v) is 1.43. The van der Waals surface area contributed by atoms with Crippen molar-refractivity contribution in [3.05, 3.63) is 0 Å². The molecule has 0 bridgehead atoms. The predicted octanol–water partition coefficient (Wildman–Crippen LogP) is 0.921. The molecule has 0 aromatic heterocycles. The summed E-state index contributed by atoms with van der Waals surface area (Å²) in [5.41, 5.74) is 5.56. The van der Waals surface area contributed by atoms with E-state index in [0.717, 1.165) is 6.54 Å². The second-order valence-electron chi connectivity index (χ2n) is 3.15. The van der Waals surface area contributed by atoms with Gasteiger partial charge in [0, 0.05) is 6.04 Å². The lowest BCUT2D eigenvalue weighted by Crippen LogP contribution is -2.36. The minimum atomic E-state index is 0.611. The summed E-state index contributed by atoms with van der Waals surface area (Å²) in [5, 5.41) is 0. The lowest BCUT2D eigenvalue weighted by molar-refractivity contribution is 0.218. The van der Waals surface area contributed by atoms with Crippen LogP contribution in [0.25, 0.3) is 0 Å². The van der Waals surface area contributed by atoms with Gasteiger partial charge in [-0.2, -0.15) is 0 Å². The molecule has 10 heavy (non-hydrogen) atoms. The van der Waals surface area contributed by atoms with Crippen molar-refractivity contribution in [2.75, 3.05) is 20.6 Å². The van der Waals surface area contributed by atoms with Gasteiger partial charge in [-0.25, -0.2) is 0 Å². The zero-order valence-electron chi connectivity index (χ0n) is 7.59. The summed E-state index contributed by atoms with van der Waals surface area (Å²) >= 11 is 0. The Balaban J connectivity index is 3.80. The van der Waals surface area contributed by atoms with Crippen molar-refractivity contribution in [2.45, 2.75) is 26.3 Å². The molecule has 0 aliphatic heterocycles. The number of rotatable bonds is 4. The Bertz CT molecular complexity index is 81.3. The summed E-state index contributed by atoms with van der Waals surface area (Å²) in [6.07, 6.45) is 1.19. The summed E-state index contributed by atoms with van der Waals surface area (Å²) in [4.78, 5) is 2.25. The highest BCUT2D eigenvalue weighted by Crippen LogP contribution is 2.09. The van der Waals surface area contributed by atoms with E-state index in [4.69, 9.17) is 5.73 Å². The molecule has 0 aromatic rings. The van der Waals surface area contributed by atoms with Crippen LogP contribution in [0.5, 0.6) is 0 Å². The molecule has 2 atom stereocenters. The topological polar surface area (TPSA) is 29.3 Å². The van der Waals surface area contributed by atoms with Crippen LogP contribution < -0.4 is 5.73 Å². The lowest BCUT2D eigenvalue weighted by Gasteiger charge is -2.27. The molecule has 0 amide bonds. The smallest absolute Gasteiger partial charge is 0.0124 e. The molecule has 0 radical (unpaired) electrons. The van der Waals surface area contributed by atoms with Crippen molar-refractivity contribution < 1.29 is 0 Å². The maximum Gasteiger partial charge on any atom is 0.0124 e. The van der Waals surface area contributed by atoms with Gasteiger partial charge in [-0.1, -0.05) is 13.8 Å². The van der Waals surface area contributed by atoms with E-state index in [-0.39, 0.29) is 0 Å². The SMILES string of the molecule is CCC(C(C)CN)N(C)C.